The maximum absolute atomic E-state index is 12.8. The van der Waals surface area contributed by atoms with Crippen LogP contribution in [0.15, 0.2) is 28.0 Å². The maximum atomic E-state index is 12.8. The lowest BCUT2D eigenvalue weighted by Crippen LogP contribution is -2.31. The van der Waals surface area contributed by atoms with Crippen molar-refractivity contribution < 1.29 is 9.53 Å². The molecule has 1 amide bonds. The molecule has 0 fully saturated rings. The summed E-state index contributed by atoms with van der Waals surface area (Å²) in [7, 11) is 5.65. The number of methoxy groups -OCH3 is 1. The summed E-state index contributed by atoms with van der Waals surface area (Å²) in [5.41, 5.74) is 3.73. The van der Waals surface area contributed by atoms with Gasteiger partial charge in [0.05, 0.1) is 18.6 Å². The number of hydrogen-bond acceptors (Lipinski definition) is 6. The van der Waals surface area contributed by atoms with Crippen molar-refractivity contribution >= 4 is 23.4 Å². The molecule has 1 aromatic carbocycles. The monoisotopic (exact) mass is 444 g/mol. The van der Waals surface area contributed by atoms with Gasteiger partial charge in [0.1, 0.15) is 10.8 Å². The van der Waals surface area contributed by atoms with E-state index in [1.165, 1.54) is 11.8 Å². The van der Waals surface area contributed by atoms with Crippen molar-refractivity contribution in [2.45, 2.75) is 50.6 Å². The number of ether oxygens (including phenoxy) is 1. The molecule has 1 heterocycles. The normalized spacial score (nSPS) is 13.2. The van der Waals surface area contributed by atoms with Gasteiger partial charge in [0, 0.05) is 17.8 Å². The maximum Gasteiger partial charge on any atom is 0.348 e. The van der Waals surface area contributed by atoms with Crippen LogP contribution in [0.1, 0.15) is 36.1 Å². The highest BCUT2D eigenvalue weighted by Gasteiger charge is 2.21. The molecule has 0 radical (unpaired) electrons. The molecule has 0 saturated carbocycles. The van der Waals surface area contributed by atoms with Crippen LogP contribution in [0, 0.1) is 6.92 Å². The minimum absolute atomic E-state index is 0.143. The number of rotatable bonds is 9. The van der Waals surface area contributed by atoms with E-state index < -0.39 is 0 Å². The Morgan fingerprint density at radius 2 is 2.06 bits per heavy atom. The van der Waals surface area contributed by atoms with Crippen molar-refractivity contribution in [1.29, 1.82) is 0 Å². The zero-order valence-electron chi connectivity index (χ0n) is 18.9. The number of anilines is 1. The summed E-state index contributed by atoms with van der Waals surface area (Å²) in [6.45, 7) is 3.58. The molecule has 3 rings (SSSR count). The van der Waals surface area contributed by atoms with Crippen LogP contribution in [-0.4, -0.2) is 53.9 Å². The van der Waals surface area contributed by atoms with Gasteiger partial charge in [-0.2, -0.15) is 4.98 Å². The Kier molecular flexibility index (Phi) is 8.15. The summed E-state index contributed by atoms with van der Waals surface area (Å²) in [5, 5.41) is 3.62. The molecule has 1 aliphatic carbocycles. The average molecular weight is 445 g/mol. The van der Waals surface area contributed by atoms with E-state index in [0.29, 0.717) is 23.0 Å². The van der Waals surface area contributed by atoms with Gasteiger partial charge in [-0.3, -0.25) is 9.36 Å². The summed E-state index contributed by atoms with van der Waals surface area (Å²) in [6, 6.07) is 5.66. The summed E-state index contributed by atoms with van der Waals surface area (Å²) >= 11 is 1.35. The molecule has 0 spiro atoms. The first-order chi connectivity index (χ1) is 14.9. The van der Waals surface area contributed by atoms with Gasteiger partial charge in [0.15, 0.2) is 0 Å². The number of carbonyl (C=O) groups excluding carboxylic acids is 1. The lowest BCUT2D eigenvalue weighted by Gasteiger charge is -2.23. The fourth-order valence-electron chi connectivity index (χ4n) is 3.88. The number of amides is 1. The second-order valence-corrected chi connectivity index (χ2v) is 9.14. The molecule has 168 valence electrons. The minimum Gasteiger partial charge on any atom is -0.495 e. The van der Waals surface area contributed by atoms with Gasteiger partial charge in [0.2, 0.25) is 5.91 Å². The zero-order chi connectivity index (χ0) is 22.4. The third kappa shape index (κ3) is 6.11. The van der Waals surface area contributed by atoms with Gasteiger partial charge < -0.3 is 15.0 Å². The molecule has 2 aromatic rings. The molecular weight excluding hydrogens is 412 g/mol. The smallest absolute Gasteiger partial charge is 0.348 e. The first kappa shape index (κ1) is 23.3. The van der Waals surface area contributed by atoms with Crippen LogP contribution >= 0.6 is 11.8 Å². The molecule has 1 aliphatic rings. The highest BCUT2D eigenvalue weighted by atomic mass is 32.2. The second kappa shape index (κ2) is 10.8. The molecule has 1 aromatic heterocycles. The van der Waals surface area contributed by atoms with Crippen molar-refractivity contribution in [3.63, 3.8) is 0 Å². The molecule has 0 bridgehead atoms. The standard InChI is InChI=1S/C23H32N4O3S/c1-16-10-11-20(30-4)18(14-16)24-21(28)15-31-22-17-8-5-6-9-19(17)27(23(29)25-22)13-7-12-26(2)3/h10-11,14H,5-9,12-13,15H2,1-4H3,(H,24,28). The van der Waals surface area contributed by atoms with Crippen LogP contribution in [0.3, 0.4) is 0 Å². The van der Waals surface area contributed by atoms with E-state index in [1.54, 1.807) is 7.11 Å². The van der Waals surface area contributed by atoms with E-state index in [2.05, 4.69) is 15.2 Å². The third-order valence-corrected chi connectivity index (χ3v) is 6.42. The highest BCUT2D eigenvalue weighted by Crippen LogP contribution is 2.29. The van der Waals surface area contributed by atoms with Crippen LogP contribution in [0.5, 0.6) is 5.75 Å². The summed E-state index contributed by atoms with van der Waals surface area (Å²) in [4.78, 5) is 31.8. The van der Waals surface area contributed by atoms with E-state index in [0.717, 1.165) is 55.5 Å². The second-order valence-electron chi connectivity index (χ2n) is 8.18. The van der Waals surface area contributed by atoms with Crippen LogP contribution in [0.4, 0.5) is 5.69 Å². The van der Waals surface area contributed by atoms with Crippen molar-refractivity contribution in [3.05, 3.63) is 45.5 Å². The van der Waals surface area contributed by atoms with Gasteiger partial charge in [-0.05, 0) is 77.4 Å². The number of nitrogens with one attached hydrogen (secondary N) is 1. The topological polar surface area (TPSA) is 76.5 Å². The van der Waals surface area contributed by atoms with Crippen molar-refractivity contribution in [1.82, 2.24) is 14.5 Å². The van der Waals surface area contributed by atoms with Gasteiger partial charge in [0.25, 0.3) is 0 Å². The zero-order valence-corrected chi connectivity index (χ0v) is 19.7. The molecule has 31 heavy (non-hydrogen) atoms. The largest absolute Gasteiger partial charge is 0.495 e. The molecular formula is C23H32N4O3S. The first-order valence-electron chi connectivity index (χ1n) is 10.7. The van der Waals surface area contributed by atoms with Crippen LogP contribution in [0.25, 0.3) is 0 Å². The number of fused-ring (bicyclic) bond motifs is 1. The number of aryl methyl sites for hydroxylation is 1. The molecule has 0 atom stereocenters. The average Bonchev–Trinajstić information content (AvgIpc) is 2.74. The van der Waals surface area contributed by atoms with Crippen LogP contribution < -0.4 is 15.7 Å². The number of thioether (sulfide) groups is 1. The molecule has 0 unspecified atom stereocenters. The van der Waals surface area contributed by atoms with Gasteiger partial charge in [-0.15, -0.1) is 0 Å². The Hall–Kier alpha value is -2.32. The van der Waals surface area contributed by atoms with E-state index in [9.17, 15) is 9.59 Å². The molecule has 0 aliphatic heterocycles. The summed E-state index contributed by atoms with van der Waals surface area (Å²) in [5.74, 6) is 0.677. The third-order valence-electron chi connectivity index (χ3n) is 5.41. The summed E-state index contributed by atoms with van der Waals surface area (Å²) in [6.07, 6.45) is 4.89. The van der Waals surface area contributed by atoms with Crippen LogP contribution in [-0.2, 0) is 24.2 Å². The van der Waals surface area contributed by atoms with Gasteiger partial charge in [-0.25, -0.2) is 4.79 Å². The van der Waals surface area contributed by atoms with Crippen molar-refractivity contribution in [3.8, 4) is 5.75 Å². The fourth-order valence-corrected chi connectivity index (χ4v) is 4.76. The van der Waals surface area contributed by atoms with E-state index in [1.807, 2.05) is 43.8 Å². The fraction of sp³-hybridized carbons (Fsp3) is 0.522. The molecule has 0 saturated heterocycles. The van der Waals surface area contributed by atoms with E-state index >= 15 is 0 Å². The predicted molar refractivity (Wildman–Crippen MR) is 125 cm³/mol. The molecule has 8 heteroatoms. The van der Waals surface area contributed by atoms with Crippen LogP contribution in [0.2, 0.25) is 0 Å². The molecule has 1 N–H and O–H groups in total. The lowest BCUT2D eigenvalue weighted by molar-refractivity contribution is -0.113. The number of nitrogens with zero attached hydrogens (tertiary/aromatic N) is 3. The number of benzene rings is 1. The Balaban J connectivity index is 1.73. The number of carbonyl (C=O) groups is 1. The number of aromatic nitrogens is 2. The Bertz CT molecular complexity index is 988. The van der Waals surface area contributed by atoms with Gasteiger partial charge >= 0.3 is 5.69 Å². The minimum atomic E-state index is -0.206. The van der Waals surface area contributed by atoms with Gasteiger partial charge in [-0.1, -0.05) is 17.8 Å². The predicted octanol–water partition coefficient (Wildman–Crippen LogP) is 3.12. The lowest BCUT2D eigenvalue weighted by atomic mass is 9.97. The number of hydrogen-bond donors (Lipinski definition) is 1. The first-order valence-corrected chi connectivity index (χ1v) is 11.7. The van der Waals surface area contributed by atoms with Crippen molar-refractivity contribution in [2.75, 3.05) is 38.8 Å². The van der Waals surface area contributed by atoms with E-state index in [-0.39, 0.29) is 17.3 Å². The Labute approximate surface area is 188 Å². The summed E-state index contributed by atoms with van der Waals surface area (Å²) < 4.78 is 7.18. The Morgan fingerprint density at radius 1 is 1.29 bits per heavy atom. The highest BCUT2D eigenvalue weighted by molar-refractivity contribution is 8.00. The SMILES string of the molecule is COc1ccc(C)cc1NC(=O)CSc1nc(=O)n(CCCN(C)C)c2c1CCCC2. The Morgan fingerprint density at radius 3 is 2.81 bits per heavy atom. The quantitative estimate of drug-likeness (QED) is 0.473. The molecule has 7 nitrogen and oxygen atoms in total. The van der Waals surface area contributed by atoms with Crippen molar-refractivity contribution in [2.24, 2.45) is 0 Å². The van der Waals surface area contributed by atoms with E-state index in [4.69, 9.17) is 4.74 Å².